The van der Waals surface area contributed by atoms with Crippen molar-refractivity contribution >= 4 is 17.5 Å². The third-order valence-electron chi connectivity index (χ3n) is 4.46. The number of hydrogen-bond acceptors (Lipinski definition) is 6. The second-order valence-electron chi connectivity index (χ2n) is 7.47. The van der Waals surface area contributed by atoms with Gasteiger partial charge in [-0.1, -0.05) is 0 Å². The van der Waals surface area contributed by atoms with Crippen LogP contribution in [0.15, 0.2) is 12.1 Å². The number of nitrogens with two attached hydrogens (primary N) is 1. The van der Waals surface area contributed by atoms with Crippen molar-refractivity contribution in [3.63, 3.8) is 0 Å². The van der Waals surface area contributed by atoms with Crippen molar-refractivity contribution in [2.75, 3.05) is 44.0 Å². The van der Waals surface area contributed by atoms with Crippen molar-refractivity contribution in [3.8, 4) is 11.5 Å². The fraction of sp³-hybridized carbons (Fsp3) is 0.611. The predicted octanol–water partition coefficient (Wildman–Crippen LogP) is 2.49. The van der Waals surface area contributed by atoms with Crippen molar-refractivity contribution in [1.82, 2.24) is 4.90 Å². The molecule has 0 unspecified atom stereocenters. The lowest BCUT2D eigenvalue weighted by molar-refractivity contribution is 0.0211. The number of amides is 1. The summed E-state index contributed by atoms with van der Waals surface area (Å²) in [5, 5.41) is 0. The number of fused-ring (bicyclic) bond motifs is 3. The Morgan fingerprint density at radius 3 is 2.76 bits per heavy atom. The molecule has 1 aromatic carbocycles. The van der Waals surface area contributed by atoms with Gasteiger partial charge in [-0.15, -0.1) is 0 Å². The van der Waals surface area contributed by atoms with Crippen LogP contribution in [0.4, 0.5) is 16.2 Å². The Hall–Kier alpha value is -2.31. The second-order valence-corrected chi connectivity index (χ2v) is 7.47. The van der Waals surface area contributed by atoms with E-state index in [4.69, 9.17) is 19.9 Å². The standard InChI is InChI=1S/C18H27N3O4/c1-18(2,3)25-17(22)20-6-7-21-12(11-20)5-8-24-16-9-13(19)15(23-4)10-14(16)21/h9-10,12H,5-8,11,19H2,1-4H3/t12-/m0/s1. The first-order valence-corrected chi connectivity index (χ1v) is 8.63. The Morgan fingerprint density at radius 2 is 2.08 bits per heavy atom. The average molecular weight is 349 g/mol. The van der Waals surface area contributed by atoms with Crippen LogP contribution >= 0.6 is 0 Å². The number of rotatable bonds is 1. The largest absolute Gasteiger partial charge is 0.495 e. The molecule has 0 spiro atoms. The van der Waals surface area contributed by atoms with E-state index in [2.05, 4.69) is 4.90 Å². The highest BCUT2D eigenvalue weighted by atomic mass is 16.6. The first-order valence-electron chi connectivity index (χ1n) is 8.63. The van der Waals surface area contributed by atoms with Gasteiger partial charge in [0.25, 0.3) is 0 Å². The molecule has 2 heterocycles. The van der Waals surface area contributed by atoms with Crippen LogP contribution in [0.3, 0.4) is 0 Å². The summed E-state index contributed by atoms with van der Waals surface area (Å²) >= 11 is 0. The van der Waals surface area contributed by atoms with Crippen molar-refractivity contribution < 1.29 is 19.0 Å². The van der Waals surface area contributed by atoms with E-state index in [9.17, 15) is 4.79 Å². The number of ether oxygens (including phenoxy) is 3. The molecule has 0 radical (unpaired) electrons. The molecule has 3 rings (SSSR count). The highest BCUT2D eigenvalue weighted by Crippen LogP contribution is 2.40. The van der Waals surface area contributed by atoms with E-state index in [1.165, 1.54) is 0 Å². The molecule has 1 fully saturated rings. The maximum absolute atomic E-state index is 12.4. The van der Waals surface area contributed by atoms with Gasteiger partial charge in [0.2, 0.25) is 0 Å². The van der Waals surface area contributed by atoms with Crippen LogP contribution in [-0.4, -0.2) is 56.0 Å². The van der Waals surface area contributed by atoms with Crippen LogP contribution in [0, 0.1) is 0 Å². The van der Waals surface area contributed by atoms with Gasteiger partial charge in [-0.2, -0.15) is 0 Å². The molecular formula is C18H27N3O4. The van der Waals surface area contributed by atoms with Gasteiger partial charge < -0.3 is 29.7 Å². The summed E-state index contributed by atoms with van der Waals surface area (Å²) in [5.74, 6) is 1.41. The van der Waals surface area contributed by atoms with E-state index in [0.29, 0.717) is 37.7 Å². The fourth-order valence-electron chi connectivity index (χ4n) is 3.30. The maximum Gasteiger partial charge on any atom is 0.410 e. The Bertz CT molecular complexity index is 656. The van der Waals surface area contributed by atoms with Crippen LogP contribution in [0.1, 0.15) is 27.2 Å². The zero-order valence-electron chi connectivity index (χ0n) is 15.4. The maximum atomic E-state index is 12.4. The van der Waals surface area contributed by atoms with Gasteiger partial charge in [-0.3, -0.25) is 0 Å². The zero-order chi connectivity index (χ0) is 18.2. The lowest BCUT2D eigenvalue weighted by Gasteiger charge is -2.42. The van der Waals surface area contributed by atoms with E-state index in [1.54, 1.807) is 12.0 Å². The van der Waals surface area contributed by atoms with Gasteiger partial charge in [0.1, 0.15) is 17.1 Å². The summed E-state index contributed by atoms with van der Waals surface area (Å²) in [6.07, 6.45) is 0.573. The van der Waals surface area contributed by atoms with Gasteiger partial charge in [0, 0.05) is 38.2 Å². The first-order chi connectivity index (χ1) is 11.8. The minimum absolute atomic E-state index is 0.177. The Labute approximate surface area is 148 Å². The molecule has 0 saturated carbocycles. The van der Waals surface area contributed by atoms with Gasteiger partial charge in [-0.05, 0) is 20.8 Å². The highest BCUT2D eigenvalue weighted by molar-refractivity contribution is 5.72. The Kier molecular flexibility index (Phi) is 4.58. The monoisotopic (exact) mass is 349 g/mol. The highest BCUT2D eigenvalue weighted by Gasteiger charge is 2.35. The molecule has 1 saturated heterocycles. The van der Waals surface area contributed by atoms with Crippen LogP contribution in [0.25, 0.3) is 0 Å². The van der Waals surface area contributed by atoms with Crippen LogP contribution < -0.4 is 20.1 Å². The topological polar surface area (TPSA) is 77.3 Å². The van der Waals surface area contributed by atoms with E-state index in [0.717, 1.165) is 17.9 Å². The summed E-state index contributed by atoms with van der Waals surface area (Å²) in [6, 6.07) is 3.92. The number of benzene rings is 1. The summed E-state index contributed by atoms with van der Waals surface area (Å²) in [7, 11) is 1.60. The van der Waals surface area contributed by atoms with E-state index < -0.39 is 5.60 Å². The molecule has 2 N–H and O–H groups in total. The smallest absolute Gasteiger partial charge is 0.410 e. The Balaban J connectivity index is 1.80. The number of carbonyl (C=O) groups is 1. The molecule has 7 nitrogen and oxygen atoms in total. The normalized spacial score (nSPS) is 20.1. The lowest BCUT2D eigenvalue weighted by atomic mass is 10.1. The number of nitrogen functional groups attached to an aromatic ring is 1. The van der Waals surface area contributed by atoms with Gasteiger partial charge >= 0.3 is 6.09 Å². The minimum Gasteiger partial charge on any atom is -0.495 e. The molecule has 2 aliphatic heterocycles. The number of anilines is 2. The van der Waals surface area contributed by atoms with Gasteiger partial charge in [-0.25, -0.2) is 4.79 Å². The molecule has 1 aromatic rings. The van der Waals surface area contributed by atoms with Gasteiger partial charge in [0.05, 0.1) is 31.1 Å². The summed E-state index contributed by atoms with van der Waals surface area (Å²) in [6.45, 7) is 8.17. The molecular weight excluding hydrogens is 322 g/mol. The lowest BCUT2D eigenvalue weighted by Crippen LogP contribution is -2.55. The summed E-state index contributed by atoms with van der Waals surface area (Å²) in [4.78, 5) is 16.4. The first kappa shape index (κ1) is 17.5. The van der Waals surface area contributed by atoms with Crippen LogP contribution in [0.5, 0.6) is 11.5 Å². The number of carbonyl (C=O) groups excluding carboxylic acids is 1. The Morgan fingerprint density at radius 1 is 1.32 bits per heavy atom. The minimum atomic E-state index is -0.488. The zero-order valence-corrected chi connectivity index (χ0v) is 15.4. The molecule has 25 heavy (non-hydrogen) atoms. The van der Waals surface area contributed by atoms with Crippen molar-refractivity contribution in [2.24, 2.45) is 0 Å². The van der Waals surface area contributed by atoms with Crippen molar-refractivity contribution in [3.05, 3.63) is 12.1 Å². The quantitative estimate of drug-likeness (QED) is 0.785. The number of nitrogens with zero attached hydrogens (tertiary/aromatic N) is 2. The fourth-order valence-corrected chi connectivity index (χ4v) is 3.30. The SMILES string of the molecule is COc1cc2c(cc1N)OCC[C@H]1CN(C(=O)OC(C)(C)C)CCN21. The number of piperazine rings is 1. The molecule has 0 bridgehead atoms. The second kappa shape index (κ2) is 6.54. The van der Waals surface area contributed by atoms with E-state index in [1.807, 2.05) is 32.9 Å². The van der Waals surface area contributed by atoms with E-state index >= 15 is 0 Å². The molecule has 0 aromatic heterocycles. The number of methoxy groups -OCH3 is 1. The third-order valence-corrected chi connectivity index (χ3v) is 4.46. The average Bonchev–Trinajstić information content (AvgIpc) is 2.70. The number of hydrogen-bond donors (Lipinski definition) is 1. The van der Waals surface area contributed by atoms with Gasteiger partial charge in [0.15, 0.2) is 0 Å². The molecule has 7 heteroatoms. The summed E-state index contributed by atoms with van der Waals surface area (Å²) in [5.41, 5.74) is 7.05. The van der Waals surface area contributed by atoms with Crippen LogP contribution in [0.2, 0.25) is 0 Å². The third kappa shape index (κ3) is 3.70. The molecule has 138 valence electrons. The van der Waals surface area contributed by atoms with E-state index in [-0.39, 0.29) is 12.1 Å². The van der Waals surface area contributed by atoms with Crippen molar-refractivity contribution in [2.45, 2.75) is 38.8 Å². The molecule has 0 aliphatic carbocycles. The van der Waals surface area contributed by atoms with Crippen LogP contribution in [-0.2, 0) is 4.74 Å². The molecule has 1 atom stereocenters. The van der Waals surface area contributed by atoms with Crippen molar-refractivity contribution in [1.29, 1.82) is 0 Å². The predicted molar refractivity (Wildman–Crippen MR) is 96.5 cm³/mol. The molecule has 2 aliphatic rings. The molecule has 1 amide bonds. The summed E-state index contributed by atoms with van der Waals surface area (Å²) < 4.78 is 16.7.